The number of hydrogen-bond acceptors (Lipinski definition) is 7. The van der Waals surface area contributed by atoms with Crippen LogP contribution in [0.5, 0.6) is 5.75 Å². The van der Waals surface area contributed by atoms with Crippen LogP contribution in [0.25, 0.3) is 10.8 Å². The lowest BCUT2D eigenvalue weighted by Crippen LogP contribution is -2.63. The second-order valence-electron chi connectivity index (χ2n) is 9.94. The number of ether oxygens (including phenoxy) is 1. The molecule has 1 aliphatic heterocycles. The number of nitrogens with two attached hydrogens (primary N) is 1. The number of amides is 3. The number of halogens is 2. The number of carbonyl (C=O) groups excluding carboxylic acids is 3. The van der Waals surface area contributed by atoms with Gasteiger partial charge in [-0.3, -0.25) is 14.4 Å². The molecule has 1 aliphatic rings. The van der Waals surface area contributed by atoms with E-state index in [9.17, 15) is 22.8 Å². The van der Waals surface area contributed by atoms with Crippen molar-refractivity contribution in [3.05, 3.63) is 64.6 Å². The molecule has 0 saturated carbocycles. The number of rotatable bonds is 8. The molecule has 0 saturated heterocycles. The summed E-state index contributed by atoms with van der Waals surface area (Å²) < 4.78 is 30.7. The van der Waals surface area contributed by atoms with E-state index in [1.807, 2.05) is 30.3 Å². The maximum absolute atomic E-state index is 14.5. The zero-order chi connectivity index (χ0) is 29.4. The van der Waals surface area contributed by atoms with Crippen molar-refractivity contribution in [3.63, 3.8) is 0 Å². The molecule has 3 N–H and O–H groups in total. The van der Waals surface area contributed by atoms with Crippen molar-refractivity contribution >= 4 is 78.0 Å². The summed E-state index contributed by atoms with van der Waals surface area (Å²) in [5.41, 5.74) is 5.67. The number of primary amides is 1. The number of hydrogen-bond donors (Lipinski definition) is 2. The summed E-state index contributed by atoms with van der Waals surface area (Å²) in [5, 5.41) is 4.63. The van der Waals surface area contributed by atoms with Gasteiger partial charge < -0.3 is 25.6 Å². The van der Waals surface area contributed by atoms with Gasteiger partial charge in [0, 0.05) is 22.8 Å². The highest BCUT2D eigenvalue weighted by Crippen LogP contribution is 2.40. The van der Waals surface area contributed by atoms with E-state index in [1.54, 1.807) is 31.4 Å². The molecule has 0 aliphatic carbocycles. The van der Waals surface area contributed by atoms with Crippen molar-refractivity contribution in [2.75, 3.05) is 42.5 Å². The maximum atomic E-state index is 14.5. The minimum Gasteiger partial charge on any atom is -0.496 e. The smallest absolute Gasteiger partial charge is 0.242 e. The lowest BCUT2D eigenvalue weighted by Gasteiger charge is -2.36. The zero-order valence-electron chi connectivity index (χ0n) is 23.0. The summed E-state index contributed by atoms with van der Waals surface area (Å²) in [5.74, 6) is -3.34. The molecule has 220 valence electrons. The van der Waals surface area contributed by atoms with Crippen molar-refractivity contribution < 1.29 is 27.5 Å². The second-order valence-corrected chi connectivity index (χ2v) is 12.9. The van der Waals surface area contributed by atoms with Gasteiger partial charge in [0.1, 0.15) is 17.0 Å². The largest absolute Gasteiger partial charge is 0.496 e. The van der Waals surface area contributed by atoms with Crippen molar-refractivity contribution in [2.45, 2.75) is 19.0 Å². The number of nitrogens with one attached hydrogen (secondary N) is 1. The maximum Gasteiger partial charge on any atom is 0.242 e. The van der Waals surface area contributed by atoms with E-state index in [1.165, 1.54) is 23.8 Å². The van der Waals surface area contributed by atoms with Crippen LogP contribution in [-0.4, -0.2) is 64.4 Å². The number of fused-ring (bicyclic) bond motifs is 2. The average molecular weight is 668 g/mol. The van der Waals surface area contributed by atoms with Gasteiger partial charge in [0.05, 0.1) is 30.9 Å². The molecule has 10 nitrogen and oxygen atoms in total. The molecule has 0 fully saturated rings. The van der Waals surface area contributed by atoms with Crippen LogP contribution in [0.4, 0.5) is 11.4 Å². The van der Waals surface area contributed by atoms with Crippen molar-refractivity contribution in [1.29, 1.82) is 0 Å². The Bertz CT molecular complexity index is 1620. The lowest BCUT2D eigenvalue weighted by molar-refractivity contribution is -0.133. The van der Waals surface area contributed by atoms with E-state index in [2.05, 4.69) is 21.2 Å². The van der Waals surface area contributed by atoms with E-state index in [0.717, 1.165) is 21.5 Å². The quantitative estimate of drug-likeness (QED) is 0.377. The van der Waals surface area contributed by atoms with Gasteiger partial charge in [-0.15, -0.1) is 12.4 Å². The first kappa shape index (κ1) is 32.3. The molecule has 3 amide bonds. The molecule has 1 unspecified atom stereocenters. The van der Waals surface area contributed by atoms with Gasteiger partial charge in [-0.1, -0.05) is 40.2 Å². The third-order valence-corrected chi connectivity index (χ3v) is 8.88. The number of anilines is 2. The predicted octanol–water partition coefficient (Wildman–Crippen LogP) is 3.04. The molecule has 1 heterocycles. The molecular formula is C28H32BrClN4O6S. The molecule has 3 aromatic rings. The van der Waals surface area contributed by atoms with Crippen LogP contribution in [0.1, 0.15) is 12.5 Å². The van der Waals surface area contributed by atoms with Gasteiger partial charge in [-0.2, -0.15) is 0 Å². The van der Waals surface area contributed by atoms with Crippen molar-refractivity contribution in [3.8, 4) is 5.75 Å². The molecule has 0 radical (unpaired) electrons. The van der Waals surface area contributed by atoms with Crippen LogP contribution in [0.15, 0.2) is 59.1 Å². The van der Waals surface area contributed by atoms with Gasteiger partial charge in [0.2, 0.25) is 17.7 Å². The first-order chi connectivity index (χ1) is 18.8. The highest BCUT2D eigenvalue weighted by Gasteiger charge is 2.49. The number of para-hydroxylation sites is 2. The fourth-order valence-electron chi connectivity index (χ4n) is 5.06. The standard InChI is InChI=1S/C28H31BrN4O6S.ClH/c1-28(31-2,27(30)36)20-15-32(25(34)16-40(4,37)38)22-10-5-6-11-23(22)33(26(20)35)14-19-17-8-7-9-21(29)18(17)12-13-24(19)39-3;/h5-13,20,31H,14-16H2,1-4H3,(H2,30,36);1H/t20-,28?;/m1./s1. The van der Waals surface area contributed by atoms with Crippen LogP contribution >= 0.6 is 28.3 Å². The second kappa shape index (κ2) is 12.4. The molecule has 0 spiro atoms. The van der Waals surface area contributed by atoms with Crippen LogP contribution in [0.3, 0.4) is 0 Å². The number of sulfone groups is 1. The molecule has 2 atom stereocenters. The first-order valence-corrected chi connectivity index (χ1v) is 15.3. The molecule has 4 rings (SSSR count). The Hall–Kier alpha value is -3.19. The Morgan fingerprint density at radius 2 is 1.76 bits per heavy atom. The Balaban J connectivity index is 0.00000462. The Kier molecular flexibility index (Phi) is 9.74. The van der Waals surface area contributed by atoms with E-state index in [-0.39, 0.29) is 25.5 Å². The fourth-order valence-corrected chi connectivity index (χ4v) is 6.16. The number of benzene rings is 3. The van der Waals surface area contributed by atoms with Gasteiger partial charge >= 0.3 is 0 Å². The summed E-state index contributed by atoms with van der Waals surface area (Å²) in [4.78, 5) is 43.3. The highest BCUT2D eigenvalue weighted by molar-refractivity contribution is 9.10. The van der Waals surface area contributed by atoms with E-state index in [0.29, 0.717) is 22.7 Å². The van der Waals surface area contributed by atoms with Crippen LogP contribution in [0.2, 0.25) is 0 Å². The molecule has 0 aromatic heterocycles. The van der Waals surface area contributed by atoms with E-state index >= 15 is 0 Å². The normalized spacial score (nSPS) is 16.8. The van der Waals surface area contributed by atoms with Crippen LogP contribution in [0, 0.1) is 5.92 Å². The Morgan fingerprint density at radius 3 is 2.34 bits per heavy atom. The number of likely N-dealkylation sites (N-methyl/N-ethyl adjacent to an activating group) is 1. The summed E-state index contributed by atoms with van der Waals surface area (Å²) in [6.45, 7) is 1.27. The lowest BCUT2D eigenvalue weighted by atomic mass is 9.83. The van der Waals surface area contributed by atoms with Gasteiger partial charge in [-0.25, -0.2) is 8.42 Å². The predicted molar refractivity (Wildman–Crippen MR) is 165 cm³/mol. The van der Waals surface area contributed by atoms with Gasteiger partial charge in [0.15, 0.2) is 9.84 Å². The first-order valence-electron chi connectivity index (χ1n) is 12.4. The monoisotopic (exact) mass is 666 g/mol. The number of nitrogens with zero attached hydrogens (tertiary/aromatic N) is 2. The molecule has 41 heavy (non-hydrogen) atoms. The van der Waals surface area contributed by atoms with Gasteiger partial charge in [0.25, 0.3) is 0 Å². The Labute approximate surface area is 253 Å². The summed E-state index contributed by atoms with van der Waals surface area (Å²) in [6, 6.07) is 16.2. The zero-order valence-corrected chi connectivity index (χ0v) is 26.2. The van der Waals surface area contributed by atoms with Crippen molar-refractivity contribution in [2.24, 2.45) is 11.7 Å². The third-order valence-electron chi connectivity index (χ3n) is 7.42. The minimum absolute atomic E-state index is 0. The summed E-state index contributed by atoms with van der Waals surface area (Å²) >= 11 is 3.59. The van der Waals surface area contributed by atoms with Crippen molar-refractivity contribution in [1.82, 2.24) is 5.32 Å². The topological polar surface area (TPSA) is 139 Å². The fraction of sp³-hybridized carbons (Fsp3) is 0.321. The van der Waals surface area contributed by atoms with Crippen LogP contribution < -0.4 is 25.6 Å². The average Bonchev–Trinajstić information content (AvgIpc) is 3.02. The summed E-state index contributed by atoms with van der Waals surface area (Å²) in [6.07, 6.45) is 0.968. The third kappa shape index (κ3) is 6.20. The molecule has 13 heteroatoms. The molecule has 3 aromatic carbocycles. The number of methoxy groups -OCH3 is 1. The van der Waals surface area contributed by atoms with E-state index in [4.69, 9.17) is 10.5 Å². The SMILES string of the molecule is CNC(C)(C(N)=O)[C@@H]1CN(C(=O)CS(C)(=O)=O)c2ccccc2N(Cc2c(OC)ccc3c(Br)cccc23)C1=O.Cl. The molecular weight excluding hydrogens is 636 g/mol. The van der Waals surface area contributed by atoms with E-state index < -0.39 is 44.8 Å². The number of carbonyl (C=O) groups is 3. The van der Waals surface area contributed by atoms with Gasteiger partial charge in [-0.05, 0) is 55.1 Å². The Morgan fingerprint density at radius 1 is 1.10 bits per heavy atom. The summed E-state index contributed by atoms with van der Waals surface area (Å²) in [7, 11) is -0.643. The highest BCUT2D eigenvalue weighted by atomic mass is 79.9. The van der Waals surface area contributed by atoms with Crippen LogP contribution in [-0.2, 0) is 30.8 Å². The molecule has 0 bridgehead atoms. The minimum atomic E-state index is -3.69.